The van der Waals surface area contributed by atoms with E-state index in [2.05, 4.69) is 6.07 Å². The maximum atomic E-state index is 13.8. The van der Waals surface area contributed by atoms with Crippen LogP contribution in [0.5, 0.6) is 0 Å². The second kappa shape index (κ2) is 12.7. The summed E-state index contributed by atoms with van der Waals surface area (Å²) in [5, 5.41) is 9.20. The molecule has 0 aliphatic rings. The number of halogens is 4. The van der Waals surface area contributed by atoms with Crippen molar-refractivity contribution in [2.45, 2.75) is 39.9 Å². The van der Waals surface area contributed by atoms with Gasteiger partial charge >= 0.3 is 6.18 Å². The highest BCUT2D eigenvalue weighted by atomic mass is 32.2. The zero-order chi connectivity index (χ0) is 29.9. The molecule has 12 heteroatoms. The number of rotatable bonds is 9. The molecule has 0 spiro atoms. The van der Waals surface area contributed by atoms with Crippen LogP contribution in [0.2, 0.25) is 0 Å². The number of alkyl halides is 3. The molecule has 7 nitrogen and oxygen atoms in total. The SMILES string of the molecule is C.CCS(=O)(=O)CCN(C(=O)Cc1ccc(F)c(C(F)(F)F)c1)[C@H](C)c1nc2ccccc2n1-c1ccc(C#N)cc1. The highest BCUT2D eigenvalue weighted by Crippen LogP contribution is 2.33. The van der Waals surface area contributed by atoms with Crippen molar-refractivity contribution in [1.29, 1.82) is 5.26 Å². The molecule has 222 valence electrons. The lowest BCUT2D eigenvalue weighted by Gasteiger charge is -2.30. The number of carbonyl (C=O) groups excluding carboxylic acids is 1. The van der Waals surface area contributed by atoms with Crippen LogP contribution in [0.3, 0.4) is 0 Å². The van der Waals surface area contributed by atoms with Crippen LogP contribution in [0.1, 0.15) is 49.8 Å². The highest BCUT2D eigenvalue weighted by molar-refractivity contribution is 7.91. The van der Waals surface area contributed by atoms with E-state index in [9.17, 15) is 36.0 Å². The van der Waals surface area contributed by atoms with Gasteiger partial charge in [0.2, 0.25) is 5.91 Å². The molecule has 0 radical (unpaired) electrons. The maximum absolute atomic E-state index is 13.8. The Morgan fingerprint density at radius 3 is 2.38 bits per heavy atom. The molecule has 0 saturated carbocycles. The number of para-hydroxylation sites is 2. The van der Waals surface area contributed by atoms with Crippen LogP contribution in [-0.4, -0.2) is 46.8 Å². The van der Waals surface area contributed by atoms with E-state index in [-0.39, 0.29) is 31.0 Å². The Hall–Kier alpha value is -4.24. The normalized spacial score (nSPS) is 12.4. The predicted molar refractivity (Wildman–Crippen MR) is 152 cm³/mol. The summed E-state index contributed by atoms with van der Waals surface area (Å²) in [7, 11) is -3.51. The molecule has 42 heavy (non-hydrogen) atoms. The van der Waals surface area contributed by atoms with Gasteiger partial charge in [0.05, 0.1) is 46.4 Å². The number of benzene rings is 3. The summed E-state index contributed by atoms with van der Waals surface area (Å²) in [6.45, 7) is 2.90. The number of nitrogens with zero attached hydrogens (tertiary/aromatic N) is 4. The van der Waals surface area contributed by atoms with Crippen LogP contribution in [0.4, 0.5) is 17.6 Å². The third kappa shape index (κ3) is 6.97. The topological polar surface area (TPSA) is 96.1 Å². The van der Waals surface area contributed by atoms with Crippen molar-refractivity contribution in [1.82, 2.24) is 14.5 Å². The lowest BCUT2D eigenvalue weighted by atomic mass is 10.1. The lowest BCUT2D eigenvalue weighted by molar-refractivity contribution is -0.140. The van der Waals surface area contributed by atoms with Crippen molar-refractivity contribution >= 4 is 26.8 Å². The van der Waals surface area contributed by atoms with Gasteiger partial charge in [0.15, 0.2) is 9.84 Å². The van der Waals surface area contributed by atoms with Crippen LogP contribution in [0.25, 0.3) is 16.7 Å². The Morgan fingerprint density at radius 2 is 1.76 bits per heavy atom. The number of imidazole rings is 1. The molecule has 0 saturated heterocycles. The van der Waals surface area contributed by atoms with Crippen molar-refractivity contribution in [2.75, 3.05) is 18.1 Å². The summed E-state index contributed by atoms with van der Waals surface area (Å²) in [5.74, 6) is -2.24. The van der Waals surface area contributed by atoms with Crippen molar-refractivity contribution in [3.63, 3.8) is 0 Å². The molecule has 1 heterocycles. The van der Waals surface area contributed by atoms with E-state index < -0.39 is 45.8 Å². The van der Waals surface area contributed by atoms with Gasteiger partial charge in [-0.15, -0.1) is 0 Å². The number of nitriles is 1. The third-order valence-electron chi connectivity index (χ3n) is 6.78. The number of hydrogen-bond donors (Lipinski definition) is 0. The van der Waals surface area contributed by atoms with Crippen molar-refractivity contribution in [3.8, 4) is 11.8 Å². The van der Waals surface area contributed by atoms with E-state index in [1.54, 1.807) is 47.9 Å². The van der Waals surface area contributed by atoms with Gasteiger partial charge in [-0.25, -0.2) is 17.8 Å². The lowest BCUT2D eigenvalue weighted by Crippen LogP contribution is -2.39. The molecule has 1 atom stereocenters. The largest absolute Gasteiger partial charge is 0.419 e. The van der Waals surface area contributed by atoms with Gasteiger partial charge in [-0.1, -0.05) is 32.5 Å². The monoisotopic (exact) mass is 602 g/mol. The minimum atomic E-state index is -4.95. The van der Waals surface area contributed by atoms with Gasteiger partial charge in [-0.2, -0.15) is 18.4 Å². The van der Waals surface area contributed by atoms with Gasteiger partial charge < -0.3 is 4.90 Å². The molecule has 4 aromatic rings. The maximum Gasteiger partial charge on any atom is 0.419 e. The Kier molecular flexibility index (Phi) is 9.79. The average molecular weight is 603 g/mol. The van der Waals surface area contributed by atoms with Crippen LogP contribution < -0.4 is 0 Å². The highest BCUT2D eigenvalue weighted by Gasteiger charge is 2.35. The van der Waals surface area contributed by atoms with E-state index in [1.807, 2.05) is 12.1 Å². The first-order valence-corrected chi connectivity index (χ1v) is 14.5. The van der Waals surface area contributed by atoms with Crippen LogP contribution in [-0.2, 0) is 27.2 Å². The Balaban J connectivity index is 0.00000484. The summed E-state index contributed by atoms with van der Waals surface area (Å²) < 4.78 is 80.2. The molecular weight excluding hydrogens is 572 g/mol. The molecule has 3 aromatic carbocycles. The first-order chi connectivity index (χ1) is 19.3. The standard InChI is InChI=1S/C29H26F4N4O3S.CH4/c1-3-41(39,40)15-14-36(27(38)17-21-10-13-24(30)23(16-21)29(31,32)33)19(2)28-35-25-6-4-5-7-26(25)37(28)22-11-8-20(18-34)9-12-22;/h4-13,16,19H,3,14-15,17H2,1-2H3;1H4/t19-;/m1./s1. The number of carbonyl (C=O) groups is 1. The third-order valence-corrected chi connectivity index (χ3v) is 8.46. The van der Waals surface area contributed by atoms with E-state index >= 15 is 0 Å². The summed E-state index contributed by atoms with van der Waals surface area (Å²) in [6, 6.07) is 17.5. The molecule has 0 fully saturated rings. The molecule has 1 aromatic heterocycles. The molecule has 0 N–H and O–H groups in total. The fourth-order valence-corrected chi connectivity index (χ4v) is 5.28. The summed E-state index contributed by atoms with van der Waals surface area (Å²) in [4.78, 5) is 19.6. The first kappa shape index (κ1) is 32.3. The van der Waals surface area contributed by atoms with Crippen molar-refractivity contribution < 1.29 is 30.8 Å². The second-order valence-electron chi connectivity index (χ2n) is 9.44. The van der Waals surface area contributed by atoms with Crippen LogP contribution >= 0.6 is 0 Å². The number of fused-ring (bicyclic) bond motifs is 1. The first-order valence-electron chi connectivity index (χ1n) is 12.7. The summed E-state index contributed by atoms with van der Waals surface area (Å²) >= 11 is 0. The van der Waals surface area contributed by atoms with Gasteiger partial charge in [0, 0.05) is 18.0 Å². The molecule has 0 bridgehead atoms. The predicted octanol–water partition coefficient (Wildman–Crippen LogP) is 6.26. The fraction of sp³-hybridized carbons (Fsp3) is 0.300. The Labute approximate surface area is 241 Å². The van der Waals surface area contributed by atoms with Gasteiger partial charge in [-0.05, 0) is 61.0 Å². The molecule has 0 unspecified atom stereocenters. The number of amides is 1. The van der Waals surface area contributed by atoms with E-state index in [0.29, 0.717) is 40.2 Å². The van der Waals surface area contributed by atoms with E-state index in [1.165, 1.54) is 11.8 Å². The molecule has 1 amide bonds. The molecule has 4 rings (SSSR count). The number of aromatic nitrogens is 2. The smallest absolute Gasteiger partial charge is 0.331 e. The molecular formula is C30H30F4N4O3S. The molecule has 0 aliphatic heterocycles. The summed E-state index contributed by atoms with van der Waals surface area (Å²) in [5.41, 5.74) is 0.813. The van der Waals surface area contributed by atoms with Crippen LogP contribution in [0, 0.1) is 17.1 Å². The van der Waals surface area contributed by atoms with Gasteiger partial charge in [-0.3, -0.25) is 9.36 Å². The number of sulfone groups is 1. The van der Waals surface area contributed by atoms with Crippen molar-refractivity contribution in [2.24, 2.45) is 0 Å². The van der Waals surface area contributed by atoms with Gasteiger partial charge in [0.25, 0.3) is 0 Å². The zero-order valence-corrected chi connectivity index (χ0v) is 23.0. The quantitative estimate of drug-likeness (QED) is 0.211. The fourth-order valence-electron chi connectivity index (χ4n) is 4.51. The Bertz CT molecular complexity index is 1730. The average Bonchev–Trinajstić information content (AvgIpc) is 3.33. The van der Waals surface area contributed by atoms with Gasteiger partial charge in [0.1, 0.15) is 11.6 Å². The van der Waals surface area contributed by atoms with Crippen molar-refractivity contribution in [3.05, 3.63) is 95.1 Å². The van der Waals surface area contributed by atoms with Crippen LogP contribution in [0.15, 0.2) is 66.7 Å². The van der Waals surface area contributed by atoms with E-state index in [0.717, 1.165) is 6.07 Å². The molecule has 0 aliphatic carbocycles. The van der Waals surface area contributed by atoms with E-state index in [4.69, 9.17) is 4.98 Å². The second-order valence-corrected chi connectivity index (χ2v) is 11.9. The minimum Gasteiger partial charge on any atom is -0.331 e. The Morgan fingerprint density at radius 1 is 1.10 bits per heavy atom. The zero-order valence-electron chi connectivity index (χ0n) is 22.2. The summed E-state index contributed by atoms with van der Waals surface area (Å²) in [6.07, 6.45) is -5.46. The number of hydrogen-bond acceptors (Lipinski definition) is 5. The minimum absolute atomic E-state index is 0.